The first-order valence-electron chi connectivity index (χ1n) is 8.18. The van der Waals surface area contributed by atoms with Crippen LogP contribution in [0.4, 0.5) is 5.69 Å². The van der Waals surface area contributed by atoms with E-state index >= 15 is 0 Å². The molecule has 7 heteroatoms. The highest BCUT2D eigenvalue weighted by Gasteiger charge is 2.18. The first kappa shape index (κ1) is 18.1. The zero-order chi connectivity index (χ0) is 18.7. The molecule has 1 aromatic heterocycles. The summed E-state index contributed by atoms with van der Waals surface area (Å²) in [4.78, 5) is 33.6. The SMILES string of the molecule is C[C@H](c1nc2ccccc2c(=O)[nH]1)N(C)CC(=O)Nc1ccc(Cl)cc1. The molecule has 26 heavy (non-hydrogen) atoms. The van der Waals surface area contributed by atoms with E-state index in [1.54, 1.807) is 49.5 Å². The number of amides is 1. The first-order valence-corrected chi connectivity index (χ1v) is 8.56. The number of nitrogens with zero attached hydrogens (tertiary/aromatic N) is 2. The summed E-state index contributed by atoms with van der Waals surface area (Å²) in [5.74, 6) is 0.361. The Kier molecular flexibility index (Phi) is 5.35. The molecule has 0 saturated heterocycles. The van der Waals surface area contributed by atoms with Crippen LogP contribution in [0.5, 0.6) is 0 Å². The molecule has 1 heterocycles. The maximum Gasteiger partial charge on any atom is 0.258 e. The Bertz CT molecular complexity index is 985. The summed E-state index contributed by atoms with van der Waals surface area (Å²) in [6.07, 6.45) is 0. The molecule has 0 unspecified atom stereocenters. The Morgan fingerprint density at radius 3 is 2.65 bits per heavy atom. The van der Waals surface area contributed by atoms with Gasteiger partial charge in [-0.25, -0.2) is 4.98 Å². The maximum atomic E-state index is 12.2. The smallest absolute Gasteiger partial charge is 0.258 e. The highest BCUT2D eigenvalue weighted by atomic mass is 35.5. The van der Waals surface area contributed by atoms with Crippen molar-refractivity contribution in [2.45, 2.75) is 13.0 Å². The van der Waals surface area contributed by atoms with Crippen LogP contribution in [0.25, 0.3) is 10.9 Å². The molecule has 0 spiro atoms. The van der Waals surface area contributed by atoms with Gasteiger partial charge in [0.05, 0.1) is 23.5 Å². The van der Waals surface area contributed by atoms with Crippen molar-refractivity contribution >= 4 is 34.1 Å². The fraction of sp³-hybridized carbons (Fsp3) is 0.211. The first-order chi connectivity index (χ1) is 12.4. The average Bonchev–Trinajstić information content (AvgIpc) is 2.63. The van der Waals surface area contributed by atoms with Crippen LogP contribution in [-0.4, -0.2) is 34.4 Å². The third-order valence-corrected chi connectivity index (χ3v) is 4.46. The molecule has 6 nitrogen and oxygen atoms in total. The van der Waals surface area contributed by atoms with E-state index in [-0.39, 0.29) is 24.1 Å². The molecule has 0 aliphatic heterocycles. The van der Waals surface area contributed by atoms with Crippen molar-refractivity contribution in [3.63, 3.8) is 0 Å². The average molecular weight is 371 g/mol. The topological polar surface area (TPSA) is 78.1 Å². The number of H-pyrrole nitrogens is 1. The van der Waals surface area contributed by atoms with E-state index < -0.39 is 0 Å². The number of likely N-dealkylation sites (N-methyl/N-ethyl adjacent to an activating group) is 1. The molecule has 0 bridgehead atoms. The molecule has 1 atom stereocenters. The van der Waals surface area contributed by atoms with Crippen LogP contribution in [0.3, 0.4) is 0 Å². The zero-order valence-electron chi connectivity index (χ0n) is 14.5. The molecule has 3 rings (SSSR count). The van der Waals surface area contributed by atoms with E-state index in [4.69, 9.17) is 11.6 Å². The van der Waals surface area contributed by atoms with E-state index in [1.165, 1.54) is 0 Å². The lowest BCUT2D eigenvalue weighted by Crippen LogP contribution is -2.33. The number of carbonyl (C=O) groups is 1. The molecule has 3 aromatic rings. The fourth-order valence-corrected chi connectivity index (χ4v) is 2.73. The summed E-state index contributed by atoms with van der Waals surface area (Å²) in [5.41, 5.74) is 1.13. The number of aromatic nitrogens is 2. The van der Waals surface area contributed by atoms with E-state index in [1.807, 2.05) is 17.9 Å². The number of benzene rings is 2. The molecule has 0 fully saturated rings. The van der Waals surface area contributed by atoms with Gasteiger partial charge in [-0.05, 0) is 50.4 Å². The highest BCUT2D eigenvalue weighted by molar-refractivity contribution is 6.30. The van der Waals surface area contributed by atoms with Crippen LogP contribution < -0.4 is 10.9 Å². The van der Waals surface area contributed by atoms with Gasteiger partial charge in [0.2, 0.25) is 5.91 Å². The minimum absolute atomic E-state index is 0.153. The Hall–Kier alpha value is -2.70. The summed E-state index contributed by atoms with van der Waals surface area (Å²) in [6.45, 7) is 2.04. The molecule has 2 N–H and O–H groups in total. The summed E-state index contributed by atoms with van der Waals surface area (Å²) >= 11 is 5.84. The third kappa shape index (κ3) is 4.09. The molecule has 0 aliphatic carbocycles. The summed E-state index contributed by atoms with van der Waals surface area (Å²) < 4.78 is 0. The predicted molar refractivity (Wildman–Crippen MR) is 103 cm³/mol. The van der Waals surface area contributed by atoms with Gasteiger partial charge < -0.3 is 10.3 Å². The van der Waals surface area contributed by atoms with Gasteiger partial charge in [0.1, 0.15) is 5.82 Å². The molecule has 134 valence electrons. The van der Waals surface area contributed by atoms with Crippen LogP contribution in [0.2, 0.25) is 5.02 Å². The quantitative estimate of drug-likeness (QED) is 0.723. The number of para-hydroxylation sites is 1. The van der Waals surface area contributed by atoms with Crippen LogP contribution >= 0.6 is 11.6 Å². The molecule has 0 aliphatic rings. The minimum Gasteiger partial charge on any atom is -0.325 e. The largest absolute Gasteiger partial charge is 0.325 e. The van der Waals surface area contributed by atoms with Crippen molar-refractivity contribution < 1.29 is 4.79 Å². The van der Waals surface area contributed by atoms with E-state index in [2.05, 4.69) is 15.3 Å². The monoisotopic (exact) mass is 370 g/mol. The van der Waals surface area contributed by atoms with Gasteiger partial charge in [0.15, 0.2) is 0 Å². The van der Waals surface area contributed by atoms with Gasteiger partial charge in [0.25, 0.3) is 5.56 Å². The predicted octanol–water partition coefficient (Wildman–Crippen LogP) is 3.21. The molecular formula is C19H19ClN4O2. The number of fused-ring (bicyclic) bond motifs is 1. The van der Waals surface area contributed by atoms with Crippen molar-refractivity contribution in [3.05, 3.63) is 69.7 Å². The summed E-state index contributed by atoms with van der Waals surface area (Å²) in [6, 6.07) is 13.9. The van der Waals surface area contributed by atoms with E-state index in [0.29, 0.717) is 27.4 Å². The number of carbonyl (C=O) groups excluding carboxylic acids is 1. The second-order valence-electron chi connectivity index (χ2n) is 6.11. The molecule has 0 radical (unpaired) electrons. The number of rotatable bonds is 5. The lowest BCUT2D eigenvalue weighted by atomic mass is 10.2. The Labute approximate surface area is 155 Å². The highest BCUT2D eigenvalue weighted by Crippen LogP contribution is 2.17. The second kappa shape index (κ2) is 7.68. The summed E-state index contributed by atoms with van der Waals surface area (Å²) in [5, 5.41) is 3.97. The second-order valence-corrected chi connectivity index (χ2v) is 6.55. The standard InChI is InChI=1S/C19H19ClN4O2/c1-12(18-22-16-6-4-3-5-15(16)19(26)23-18)24(2)11-17(25)21-14-9-7-13(20)8-10-14/h3-10,12H,11H2,1-2H3,(H,21,25)(H,22,23,26)/t12-/m1/s1. The molecule has 0 saturated carbocycles. The van der Waals surface area contributed by atoms with Gasteiger partial charge in [-0.1, -0.05) is 23.7 Å². The maximum absolute atomic E-state index is 12.2. The number of nitrogens with one attached hydrogen (secondary N) is 2. The van der Waals surface area contributed by atoms with E-state index in [0.717, 1.165) is 0 Å². The normalized spacial score (nSPS) is 12.3. The number of halogens is 1. The van der Waals surface area contributed by atoms with Gasteiger partial charge in [-0.2, -0.15) is 0 Å². The fourth-order valence-electron chi connectivity index (χ4n) is 2.61. The van der Waals surface area contributed by atoms with Gasteiger partial charge in [-0.15, -0.1) is 0 Å². The van der Waals surface area contributed by atoms with Gasteiger partial charge in [-0.3, -0.25) is 14.5 Å². The number of hydrogen-bond donors (Lipinski definition) is 2. The lowest BCUT2D eigenvalue weighted by molar-refractivity contribution is -0.117. The minimum atomic E-state index is -0.233. The Morgan fingerprint density at radius 2 is 1.92 bits per heavy atom. The Balaban J connectivity index is 1.71. The van der Waals surface area contributed by atoms with Crippen molar-refractivity contribution in [2.75, 3.05) is 18.9 Å². The third-order valence-electron chi connectivity index (χ3n) is 4.21. The molecule has 1 amide bonds. The van der Waals surface area contributed by atoms with Crippen LogP contribution in [-0.2, 0) is 4.79 Å². The van der Waals surface area contributed by atoms with Crippen molar-refractivity contribution in [3.8, 4) is 0 Å². The number of anilines is 1. The zero-order valence-corrected chi connectivity index (χ0v) is 15.2. The lowest BCUT2D eigenvalue weighted by Gasteiger charge is -2.23. The van der Waals surface area contributed by atoms with E-state index in [9.17, 15) is 9.59 Å². The van der Waals surface area contributed by atoms with Crippen molar-refractivity contribution in [2.24, 2.45) is 0 Å². The van der Waals surface area contributed by atoms with Crippen molar-refractivity contribution in [1.29, 1.82) is 0 Å². The van der Waals surface area contributed by atoms with Crippen LogP contribution in [0, 0.1) is 0 Å². The molecule has 2 aromatic carbocycles. The molecular weight excluding hydrogens is 352 g/mol. The number of aromatic amines is 1. The van der Waals surface area contributed by atoms with Crippen molar-refractivity contribution in [1.82, 2.24) is 14.9 Å². The summed E-state index contributed by atoms with van der Waals surface area (Å²) in [7, 11) is 1.81. The Morgan fingerprint density at radius 1 is 1.23 bits per heavy atom. The number of hydrogen-bond acceptors (Lipinski definition) is 4. The van der Waals surface area contributed by atoms with Crippen LogP contribution in [0.1, 0.15) is 18.8 Å². The van der Waals surface area contributed by atoms with Gasteiger partial charge in [0, 0.05) is 10.7 Å². The van der Waals surface area contributed by atoms with Gasteiger partial charge >= 0.3 is 0 Å². The van der Waals surface area contributed by atoms with Crippen LogP contribution in [0.15, 0.2) is 53.3 Å².